The van der Waals surface area contributed by atoms with Crippen molar-refractivity contribution in [2.75, 3.05) is 6.54 Å². The molecule has 0 radical (unpaired) electrons. The van der Waals surface area contributed by atoms with Gasteiger partial charge in [0.1, 0.15) is 17.5 Å². The number of aliphatic carboxylic acids is 3. The topological polar surface area (TPSA) is 225 Å². The van der Waals surface area contributed by atoms with E-state index in [1.807, 2.05) is 0 Å². The highest BCUT2D eigenvalue weighted by Gasteiger charge is 2.59. The zero-order valence-electron chi connectivity index (χ0n) is 22.8. The van der Waals surface area contributed by atoms with Crippen LogP contribution >= 0.6 is 0 Å². The molecule has 1 aromatic carbocycles. The van der Waals surface area contributed by atoms with Crippen LogP contribution in [0.5, 0.6) is 0 Å². The molecule has 15 nitrogen and oxygen atoms in total. The summed E-state index contributed by atoms with van der Waals surface area (Å²) in [7, 11) is 0. The van der Waals surface area contributed by atoms with Crippen LogP contribution < -0.4 is 5.32 Å². The smallest absolute Gasteiger partial charge is 0.335 e. The first-order valence-electron chi connectivity index (χ1n) is 13.1. The van der Waals surface area contributed by atoms with E-state index in [9.17, 15) is 49.1 Å². The quantitative estimate of drug-likeness (QED) is 0.0903. The summed E-state index contributed by atoms with van der Waals surface area (Å²) in [5, 5.41) is 42.6. The highest BCUT2D eigenvalue weighted by molar-refractivity contribution is 6.21. The molecule has 4 amide bonds. The minimum atomic E-state index is -1.91. The van der Waals surface area contributed by atoms with E-state index < -0.39 is 71.0 Å². The first-order valence-corrected chi connectivity index (χ1v) is 13.1. The number of amides is 4. The summed E-state index contributed by atoms with van der Waals surface area (Å²) in [5.74, 6) is -6.65. The number of imide groups is 2. The Morgan fingerprint density at radius 2 is 1.41 bits per heavy atom. The molecule has 0 aromatic heterocycles. The summed E-state index contributed by atoms with van der Waals surface area (Å²) in [4.78, 5) is 86.8. The molecule has 1 aromatic rings. The van der Waals surface area contributed by atoms with Gasteiger partial charge in [0.2, 0.25) is 11.8 Å². The first kappa shape index (κ1) is 32.8. The third-order valence-corrected chi connectivity index (χ3v) is 7.26. The number of carbonyl (C=O) groups excluding carboxylic acids is 3. The fourth-order valence-electron chi connectivity index (χ4n) is 4.79. The normalized spacial score (nSPS) is 16.4. The van der Waals surface area contributed by atoms with Crippen LogP contribution in [0.2, 0.25) is 0 Å². The van der Waals surface area contributed by atoms with Crippen LogP contribution in [0.25, 0.3) is 0 Å². The van der Waals surface area contributed by atoms with Crippen LogP contribution in [-0.2, 0) is 30.5 Å². The molecule has 1 aliphatic rings. The molecular weight excluding hydrogens is 544 g/mol. The highest BCUT2D eigenvalue weighted by Crippen LogP contribution is 2.39. The average Bonchev–Trinajstić information content (AvgIpc) is 2.91. The molecule has 1 heterocycles. The standard InChI is InChI=1S/C26H34N4O11/c1-3-26(4-2)23(37)28(25(39)29(24(26)38)19(22(35)36)12-13-20(31)32)18(21(33)34)7-5-6-14-27-15-16-8-10-17(11-9-16)30(40)41/h8-11,18-19,27H,3-7,12-15H2,1-2H3,(H,31,32)(H,33,34)(H,35,36). The van der Waals surface area contributed by atoms with Gasteiger partial charge in [0, 0.05) is 25.1 Å². The zero-order chi connectivity index (χ0) is 30.9. The van der Waals surface area contributed by atoms with E-state index in [1.165, 1.54) is 26.0 Å². The summed E-state index contributed by atoms with van der Waals surface area (Å²) in [6.07, 6.45) is -1.07. The monoisotopic (exact) mass is 578 g/mol. The van der Waals surface area contributed by atoms with Crippen molar-refractivity contribution >= 4 is 41.4 Å². The molecule has 2 rings (SSSR count). The van der Waals surface area contributed by atoms with Crippen molar-refractivity contribution in [3.8, 4) is 0 Å². The van der Waals surface area contributed by atoms with E-state index in [4.69, 9.17) is 5.11 Å². The summed E-state index contributed by atoms with van der Waals surface area (Å²) in [5.41, 5.74) is -1.13. The average molecular weight is 579 g/mol. The molecule has 1 saturated heterocycles. The minimum Gasteiger partial charge on any atom is -0.481 e. The van der Waals surface area contributed by atoms with E-state index in [2.05, 4.69) is 5.32 Å². The number of barbiturate groups is 1. The van der Waals surface area contributed by atoms with Gasteiger partial charge in [0.25, 0.3) is 5.69 Å². The molecule has 41 heavy (non-hydrogen) atoms. The van der Waals surface area contributed by atoms with Crippen LogP contribution in [0.3, 0.4) is 0 Å². The molecule has 15 heteroatoms. The lowest BCUT2D eigenvalue weighted by Gasteiger charge is -2.46. The molecule has 0 saturated carbocycles. The molecular formula is C26H34N4O11. The largest absolute Gasteiger partial charge is 0.481 e. The second-order valence-electron chi connectivity index (χ2n) is 9.66. The van der Waals surface area contributed by atoms with Crippen molar-refractivity contribution in [1.82, 2.24) is 15.1 Å². The first-order chi connectivity index (χ1) is 19.3. The Kier molecular flexibility index (Phi) is 11.4. The fourth-order valence-corrected chi connectivity index (χ4v) is 4.79. The number of nitrogens with zero attached hydrogens (tertiary/aromatic N) is 3. The Hall–Kier alpha value is -4.40. The van der Waals surface area contributed by atoms with E-state index in [-0.39, 0.29) is 31.4 Å². The number of carbonyl (C=O) groups is 6. The molecule has 0 spiro atoms. The lowest BCUT2D eigenvalue weighted by Crippen LogP contribution is -2.70. The molecule has 0 aliphatic carbocycles. The number of rotatable bonds is 17. The van der Waals surface area contributed by atoms with Gasteiger partial charge in [0.15, 0.2) is 0 Å². The van der Waals surface area contributed by atoms with Crippen molar-refractivity contribution in [3.63, 3.8) is 0 Å². The number of non-ortho nitro benzene ring substituents is 1. The maximum atomic E-state index is 13.5. The van der Waals surface area contributed by atoms with Crippen LogP contribution in [0.1, 0.15) is 64.4 Å². The van der Waals surface area contributed by atoms with Crippen LogP contribution in [0.15, 0.2) is 24.3 Å². The van der Waals surface area contributed by atoms with Gasteiger partial charge in [-0.05, 0) is 50.6 Å². The van der Waals surface area contributed by atoms with Crippen molar-refractivity contribution in [2.45, 2.75) is 77.4 Å². The Morgan fingerprint density at radius 1 is 0.902 bits per heavy atom. The minimum absolute atomic E-state index is 0.0396. The van der Waals surface area contributed by atoms with Gasteiger partial charge in [-0.1, -0.05) is 26.0 Å². The molecule has 4 N–H and O–H groups in total. The van der Waals surface area contributed by atoms with E-state index >= 15 is 0 Å². The summed E-state index contributed by atoms with van der Waals surface area (Å²) >= 11 is 0. The third kappa shape index (κ3) is 7.42. The van der Waals surface area contributed by atoms with E-state index in [1.54, 1.807) is 12.1 Å². The molecule has 224 valence electrons. The van der Waals surface area contributed by atoms with Crippen molar-refractivity contribution in [3.05, 3.63) is 39.9 Å². The third-order valence-electron chi connectivity index (χ3n) is 7.26. The Labute approximate surface area is 235 Å². The predicted octanol–water partition coefficient (Wildman–Crippen LogP) is 2.22. The molecule has 0 bridgehead atoms. The number of benzene rings is 1. The number of nitrogens with one attached hydrogen (secondary N) is 1. The van der Waals surface area contributed by atoms with Gasteiger partial charge in [0.05, 0.1) is 4.92 Å². The second-order valence-corrected chi connectivity index (χ2v) is 9.66. The van der Waals surface area contributed by atoms with Crippen molar-refractivity contribution in [2.24, 2.45) is 5.41 Å². The predicted molar refractivity (Wildman–Crippen MR) is 140 cm³/mol. The van der Waals surface area contributed by atoms with Crippen molar-refractivity contribution in [1.29, 1.82) is 0 Å². The SMILES string of the molecule is CCC1(CC)C(=O)N(C(CCCCNCc2ccc([N+](=O)[O-])cc2)C(=O)O)C(=O)N(C(CCC(=O)O)C(=O)O)C1=O. The second kappa shape index (κ2) is 14.3. The lowest BCUT2D eigenvalue weighted by atomic mass is 9.77. The van der Waals surface area contributed by atoms with Gasteiger partial charge in [-0.25, -0.2) is 24.2 Å². The lowest BCUT2D eigenvalue weighted by molar-refractivity contribution is -0.384. The number of carboxylic acids is 3. The number of urea groups is 1. The number of nitro groups is 1. The molecule has 2 unspecified atom stereocenters. The van der Waals surface area contributed by atoms with Crippen LogP contribution in [0.4, 0.5) is 10.5 Å². The summed E-state index contributed by atoms with van der Waals surface area (Å²) in [6, 6.07) is 0.945. The zero-order valence-corrected chi connectivity index (χ0v) is 22.8. The number of hydrogen-bond acceptors (Lipinski definition) is 9. The van der Waals surface area contributed by atoms with E-state index in [0.29, 0.717) is 29.3 Å². The Morgan fingerprint density at radius 3 is 1.85 bits per heavy atom. The van der Waals surface area contributed by atoms with Crippen molar-refractivity contribution < 1.29 is 49.0 Å². The van der Waals surface area contributed by atoms with Crippen LogP contribution in [-0.4, -0.2) is 84.4 Å². The number of carboxylic acid groups (broad SMARTS) is 3. The number of nitro benzene ring substituents is 1. The molecule has 2 atom stereocenters. The van der Waals surface area contributed by atoms with Gasteiger partial charge in [-0.3, -0.25) is 24.5 Å². The Balaban J connectivity index is 2.19. The maximum Gasteiger partial charge on any atom is 0.335 e. The highest BCUT2D eigenvalue weighted by atomic mass is 16.6. The van der Waals surface area contributed by atoms with Gasteiger partial charge in [-0.15, -0.1) is 0 Å². The Bertz CT molecular complexity index is 1180. The van der Waals surface area contributed by atoms with Gasteiger partial charge >= 0.3 is 23.9 Å². The number of unbranched alkanes of at least 4 members (excludes halogenated alkanes) is 1. The van der Waals surface area contributed by atoms with Gasteiger partial charge < -0.3 is 20.6 Å². The summed E-state index contributed by atoms with van der Waals surface area (Å²) in [6.45, 7) is 3.79. The van der Waals surface area contributed by atoms with Gasteiger partial charge in [-0.2, -0.15) is 0 Å². The summed E-state index contributed by atoms with van der Waals surface area (Å²) < 4.78 is 0. The molecule has 1 fully saturated rings. The van der Waals surface area contributed by atoms with E-state index in [0.717, 1.165) is 5.56 Å². The maximum absolute atomic E-state index is 13.5. The molecule has 1 aliphatic heterocycles. The number of hydrogen-bond donors (Lipinski definition) is 4. The van der Waals surface area contributed by atoms with Crippen LogP contribution in [0, 0.1) is 15.5 Å². The fraction of sp³-hybridized carbons (Fsp3) is 0.538.